The third-order valence-electron chi connectivity index (χ3n) is 3.55. The fourth-order valence-corrected chi connectivity index (χ4v) is 2.32. The van der Waals surface area contributed by atoms with E-state index < -0.39 is 5.91 Å². The fourth-order valence-electron chi connectivity index (χ4n) is 2.32. The Morgan fingerprint density at radius 3 is 2.81 bits per heavy atom. The highest BCUT2D eigenvalue weighted by Gasteiger charge is 2.21. The van der Waals surface area contributed by atoms with Gasteiger partial charge < -0.3 is 19.7 Å². The summed E-state index contributed by atoms with van der Waals surface area (Å²) in [5.41, 5.74) is 5.57. The van der Waals surface area contributed by atoms with Crippen LogP contribution in [0, 0.1) is 0 Å². The van der Waals surface area contributed by atoms with Crippen molar-refractivity contribution in [3.63, 3.8) is 0 Å². The van der Waals surface area contributed by atoms with Crippen LogP contribution in [0.1, 0.15) is 41.9 Å². The molecule has 0 saturated heterocycles. The first-order valence-corrected chi connectivity index (χ1v) is 6.99. The molecule has 8 heteroatoms. The van der Waals surface area contributed by atoms with E-state index in [1.54, 1.807) is 6.20 Å². The molecule has 0 saturated carbocycles. The van der Waals surface area contributed by atoms with Crippen molar-refractivity contribution in [2.24, 2.45) is 5.73 Å². The molecule has 3 heterocycles. The van der Waals surface area contributed by atoms with Gasteiger partial charge in [0.05, 0.1) is 0 Å². The number of primary amides is 1. The molecular weight excluding hydrogens is 272 g/mol. The average molecular weight is 290 g/mol. The standard InChI is InChI=1S/C13H18N6O2/c1-8(2)12-16-13(21-17-12)18-4-3-10-15-9(11(14)20)7-19(10)6-5-18/h7-8H,3-6H2,1-2H3,(H2,14,20). The van der Waals surface area contributed by atoms with E-state index >= 15 is 0 Å². The van der Waals surface area contributed by atoms with Gasteiger partial charge in [-0.1, -0.05) is 19.0 Å². The van der Waals surface area contributed by atoms with E-state index in [2.05, 4.69) is 15.1 Å². The molecule has 0 radical (unpaired) electrons. The molecule has 2 aromatic heterocycles. The monoisotopic (exact) mass is 290 g/mol. The minimum atomic E-state index is -0.495. The largest absolute Gasteiger partial charge is 0.364 e. The van der Waals surface area contributed by atoms with Crippen LogP contribution in [-0.4, -0.2) is 38.7 Å². The Morgan fingerprint density at radius 2 is 2.14 bits per heavy atom. The summed E-state index contributed by atoms with van der Waals surface area (Å²) in [4.78, 5) is 21.9. The molecule has 0 spiro atoms. The van der Waals surface area contributed by atoms with Crippen molar-refractivity contribution in [3.05, 3.63) is 23.5 Å². The lowest BCUT2D eigenvalue weighted by Gasteiger charge is -2.16. The number of hydrogen-bond donors (Lipinski definition) is 1. The van der Waals surface area contributed by atoms with Gasteiger partial charge in [-0.15, -0.1) is 0 Å². The van der Waals surface area contributed by atoms with E-state index in [4.69, 9.17) is 10.3 Å². The highest BCUT2D eigenvalue weighted by Crippen LogP contribution is 2.19. The topological polar surface area (TPSA) is 103 Å². The van der Waals surface area contributed by atoms with E-state index in [1.807, 2.05) is 23.3 Å². The zero-order valence-electron chi connectivity index (χ0n) is 12.1. The Morgan fingerprint density at radius 1 is 1.33 bits per heavy atom. The van der Waals surface area contributed by atoms with Crippen LogP contribution in [0.3, 0.4) is 0 Å². The Bertz CT molecular complexity index is 634. The molecule has 2 aromatic rings. The smallest absolute Gasteiger partial charge is 0.324 e. The van der Waals surface area contributed by atoms with Gasteiger partial charge in [-0.3, -0.25) is 4.79 Å². The average Bonchev–Trinajstić information content (AvgIpc) is 3.03. The summed E-state index contributed by atoms with van der Waals surface area (Å²) in [6.45, 7) is 6.20. The molecule has 0 aromatic carbocycles. The second-order valence-electron chi connectivity index (χ2n) is 5.43. The highest BCUT2D eigenvalue weighted by molar-refractivity contribution is 5.90. The number of rotatable bonds is 3. The molecule has 1 aliphatic rings. The summed E-state index contributed by atoms with van der Waals surface area (Å²) < 4.78 is 7.28. The number of carbonyl (C=O) groups is 1. The molecule has 3 rings (SSSR count). The lowest BCUT2D eigenvalue weighted by molar-refractivity contribution is 0.0996. The third kappa shape index (κ3) is 2.61. The Labute approximate surface area is 121 Å². The van der Waals surface area contributed by atoms with Crippen molar-refractivity contribution >= 4 is 11.9 Å². The van der Waals surface area contributed by atoms with Crippen molar-refractivity contribution < 1.29 is 9.32 Å². The summed E-state index contributed by atoms with van der Waals surface area (Å²) in [5, 5.41) is 3.98. The number of hydrogen-bond acceptors (Lipinski definition) is 6. The summed E-state index contributed by atoms with van der Waals surface area (Å²) in [6.07, 6.45) is 2.40. The number of anilines is 1. The van der Waals surface area contributed by atoms with E-state index in [0.29, 0.717) is 30.5 Å². The molecule has 0 unspecified atom stereocenters. The summed E-state index contributed by atoms with van der Waals surface area (Å²) in [6, 6.07) is 0.541. The van der Waals surface area contributed by atoms with Crippen LogP contribution in [0.5, 0.6) is 0 Å². The molecule has 0 fully saturated rings. The Kier molecular flexibility index (Phi) is 3.36. The van der Waals surface area contributed by atoms with E-state index in [0.717, 1.165) is 18.9 Å². The van der Waals surface area contributed by atoms with Gasteiger partial charge in [0, 0.05) is 38.2 Å². The Balaban J connectivity index is 1.75. The van der Waals surface area contributed by atoms with Gasteiger partial charge in [0.1, 0.15) is 11.5 Å². The maximum absolute atomic E-state index is 11.2. The zero-order valence-corrected chi connectivity index (χ0v) is 12.1. The van der Waals surface area contributed by atoms with E-state index in [1.165, 1.54) is 0 Å². The fraction of sp³-hybridized carbons (Fsp3) is 0.538. The molecule has 0 atom stereocenters. The summed E-state index contributed by atoms with van der Waals surface area (Å²) in [5.74, 6) is 1.31. The van der Waals surface area contributed by atoms with Crippen LogP contribution in [0.15, 0.2) is 10.7 Å². The Hall–Kier alpha value is -2.38. The maximum atomic E-state index is 11.2. The van der Waals surface area contributed by atoms with E-state index in [-0.39, 0.29) is 5.92 Å². The molecule has 8 nitrogen and oxygen atoms in total. The van der Waals surface area contributed by atoms with Crippen molar-refractivity contribution in [1.82, 2.24) is 19.7 Å². The molecule has 1 aliphatic heterocycles. The number of nitrogens with two attached hydrogens (primary N) is 1. The van der Waals surface area contributed by atoms with Gasteiger partial charge >= 0.3 is 6.01 Å². The number of carbonyl (C=O) groups excluding carboxylic acids is 1. The van der Waals surface area contributed by atoms with Crippen molar-refractivity contribution in [2.45, 2.75) is 32.7 Å². The SMILES string of the molecule is CC(C)c1noc(N2CCc3nc(C(N)=O)cn3CC2)n1. The number of amides is 1. The van der Waals surface area contributed by atoms with Crippen LogP contribution in [0.4, 0.5) is 6.01 Å². The lowest BCUT2D eigenvalue weighted by Crippen LogP contribution is -2.27. The minimum Gasteiger partial charge on any atom is -0.364 e. The van der Waals surface area contributed by atoms with Crippen LogP contribution < -0.4 is 10.6 Å². The first kappa shape index (κ1) is 13.6. The predicted octanol–water partition coefficient (Wildman–Crippen LogP) is 0.551. The number of nitrogens with zero attached hydrogens (tertiary/aromatic N) is 5. The molecular formula is C13H18N6O2. The van der Waals surface area contributed by atoms with Gasteiger partial charge in [-0.25, -0.2) is 4.98 Å². The molecule has 2 N–H and O–H groups in total. The maximum Gasteiger partial charge on any atom is 0.324 e. The molecule has 0 bridgehead atoms. The lowest BCUT2D eigenvalue weighted by atomic mass is 10.2. The van der Waals surface area contributed by atoms with Crippen molar-refractivity contribution in [3.8, 4) is 0 Å². The van der Waals surface area contributed by atoms with Gasteiger partial charge in [-0.2, -0.15) is 4.98 Å². The van der Waals surface area contributed by atoms with Gasteiger partial charge in [0.15, 0.2) is 5.82 Å². The van der Waals surface area contributed by atoms with Crippen LogP contribution in [0.2, 0.25) is 0 Å². The van der Waals surface area contributed by atoms with Gasteiger partial charge in [0.25, 0.3) is 5.91 Å². The first-order valence-electron chi connectivity index (χ1n) is 6.99. The highest BCUT2D eigenvalue weighted by atomic mass is 16.5. The summed E-state index contributed by atoms with van der Waals surface area (Å²) >= 11 is 0. The molecule has 1 amide bonds. The minimum absolute atomic E-state index is 0.239. The summed E-state index contributed by atoms with van der Waals surface area (Å²) in [7, 11) is 0. The second kappa shape index (κ2) is 5.19. The third-order valence-corrected chi connectivity index (χ3v) is 3.55. The predicted molar refractivity (Wildman–Crippen MR) is 75.0 cm³/mol. The second-order valence-corrected chi connectivity index (χ2v) is 5.43. The molecule has 0 aliphatic carbocycles. The van der Waals surface area contributed by atoms with E-state index in [9.17, 15) is 4.79 Å². The number of imidazole rings is 1. The normalized spacial score (nSPS) is 15.1. The van der Waals surface area contributed by atoms with Gasteiger partial charge in [-0.05, 0) is 0 Å². The quantitative estimate of drug-likeness (QED) is 0.885. The number of aromatic nitrogens is 4. The molecule has 112 valence electrons. The van der Waals surface area contributed by atoms with Crippen molar-refractivity contribution in [1.29, 1.82) is 0 Å². The molecule has 21 heavy (non-hydrogen) atoms. The zero-order chi connectivity index (χ0) is 15.0. The first-order chi connectivity index (χ1) is 10.0. The van der Waals surface area contributed by atoms with Crippen LogP contribution in [-0.2, 0) is 13.0 Å². The van der Waals surface area contributed by atoms with Crippen LogP contribution >= 0.6 is 0 Å². The van der Waals surface area contributed by atoms with Crippen LogP contribution in [0.25, 0.3) is 0 Å². The van der Waals surface area contributed by atoms with Gasteiger partial charge in [0.2, 0.25) is 0 Å². The number of fused-ring (bicyclic) bond motifs is 1. The van der Waals surface area contributed by atoms with Crippen molar-refractivity contribution in [2.75, 3.05) is 18.0 Å².